The molecule has 2 aromatic carbocycles. The Morgan fingerprint density at radius 3 is 2.58 bits per heavy atom. The molecule has 0 spiro atoms. The van der Waals surface area contributed by atoms with Crippen LogP contribution >= 0.6 is 0 Å². The second-order valence-corrected chi connectivity index (χ2v) is 9.84. The Morgan fingerprint density at radius 1 is 1.16 bits per heavy atom. The van der Waals surface area contributed by atoms with Crippen LogP contribution in [0.1, 0.15) is 49.3 Å². The molecule has 2 aliphatic heterocycles. The molecule has 5 rings (SSSR count). The number of benzene rings is 2. The Labute approximate surface area is 218 Å². The van der Waals surface area contributed by atoms with E-state index in [0.717, 1.165) is 53.1 Å². The minimum atomic E-state index is -4.56. The van der Waals surface area contributed by atoms with E-state index in [1.807, 2.05) is 13.0 Å². The molecule has 2 aliphatic rings. The predicted molar refractivity (Wildman–Crippen MR) is 139 cm³/mol. The predicted octanol–water partition coefficient (Wildman–Crippen LogP) is 5.25. The van der Waals surface area contributed by atoms with E-state index in [-0.39, 0.29) is 11.8 Å². The number of carbonyl (C=O) groups is 1. The summed E-state index contributed by atoms with van der Waals surface area (Å²) in [4.78, 5) is 23.2. The molecule has 0 radical (unpaired) electrons. The second-order valence-electron chi connectivity index (χ2n) is 9.84. The van der Waals surface area contributed by atoms with Crippen LogP contribution in [0.3, 0.4) is 0 Å². The summed E-state index contributed by atoms with van der Waals surface area (Å²) >= 11 is 0. The normalized spacial score (nSPS) is 18.2. The summed E-state index contributed by atoms with van der Waals surface area (Å²) in [5.41, 5.74) is 2.32. The van der Waals surface area contributed by atoms with Crippen LogP contribution in [0, 0.1) is 6.92 Å². The quantitative estimate of drug-likeness (QED) is 0.467. The first-order valence-electron chi connectivity index (χ1n) is 12.6. The highest BCUT2D eigenvalue weighted by molar-refractivity contribution is 5.97. The number of nitrogens with one attached hydrogen (secondary N) is 2. The topological polar surface area (TPSA) is 88.6 Å². The fraction of sp³-hybridized carbons (Fsp3) is 0.444. The number of nitrogens with zero attached hydrogens (tertiary/aromatic N) is 3. The van der Waals surface area contributed by atoms with E-state index in [1.165, 1.54) is 13.0 Å². The third-order valence-electron chi connectivity index (χ3n) is 6.75. The number of aromatic nitrogens is 2. The number of alkyl halides is 3. The van der Waals surface area contributed by atoms with Gasteiger partial charge in [-0.15, -0.1) is 0 Å². The number of hydrogen-bond acceptors (Lipinski definition) is 7. The van der Waals surface area contributed by atoms with Crippen LogP contribution in [0.4, 0.5) is 30.4 Å². The van der Waals surface area contributed by atoms with E-state index in [4.69, 9.17) is 14.5 Å². The van der Waals surface area contributed by atoms with Gasteiger partial charge in [-0.05, 0) is 50.6 Å². The summed E-state index contributed by atoms with van der Waals surface area (Å²) in [6.07, 6.45) is -3.87. The summed E-state index contributed by atoms with van der Waals surface area (Å²) in [5.74, 6) is 1.43. The molecular weight excluding hydrogens is 499 g/mol. The van der Waals surface area contributed by atoms with E-state index in [9.17, 15) is 18.0 Å². The third kappa shape index (κ3) is 5.20. The van der Waals surface area contributed by atoms with Crippen molar-refractivity contribution in [3.8, 4) is 5.75 Å². The van der Waals surface area contributed by atoms with Crippen LogP contribution in [0.25, 0.3) is 10.9 Å². The van der Waals surface area contributed by atoms with Crippen molar-refractivity contribution in [3.05, 3.63) is 46.8 Å². The van der Waals surface area contributed by atoms with Gasteiger partial charge in [-0.25, -0.2) is 9.97 Å². The number of rotatable bonds is 5. The Hall–Kier alpha value is -3.60. The molecule has 8 nitrogen and oxygen atoms in total. The zero-order valence-electron chi connectivity index (χ0n) is 21.7. The summed E-state index contributed by atoms with van der Waals surface area (Å²) in [6.45, 7) is 9.49. The maximum atomic E-state index is 13.6. The van der Waals surface area contributed by atoms with E-state index in [2.05, 4.69) is 20.5 Å². The van der Waals surface area contributed by atoms with Gasteiger partial charge in [-0.1, -0.05) is 0 Å². The molecule has 1 saturated heterocycles. The number of ether oxygens (including phenoxy) is 2. The van der Waals surface area contributed by atoms with Gasteiger partial charge in [-0.2, -0.15) is 13.2 Å². The van der Waals surface area contributed by atoms with E-state index in [1.54, 1.807) is 13.8 Å². The van der Waals surface area contributed by atoms with Crippen LogP contribution in [-0.4, -0.2) is 48.3 Å². The highest BCUT2D eigenvalue weighted by Gasteiger charge is 2.33. The molecule has 0 aliphatic carbocycles. The van der Waals surface area contributed by atoms with Gasteiger partial charge in [0.15, 0.2) is 0 Å². The maximum absolute atomic E-state index is 13.6. The van der Waals surface area contributed by atoms with Crippen LogP contribution in [-0.2, 0) is 22.1 Å². The van der Waals surface area contributed by atoms with Gasteiger partial charge < -0.3 is 25.0 Å². The first-order chi connectivity index (χ1) is 18.0. The highest BCUT2D eigenvalue weighted by Crippen LogP contribution is 2.45. The van der Waals surface area contributed by atoms with Crippen LogP contribution in [0.15, 0.2) is 24.3 Å². The molecule has 11 heteroatoms. The standard InChI is InChI=1S/C27H30F3N5O3/c1-14-9-21-24-22(13-23(25(21)38-14)35-5-7-37-8-6-35)26(33-16(3)32-24)31-15(2)18-10-19(27(28,29)30)12-20(11-18)34-17(4)36/h10-15H,5-9H2,1-4H3,(H,34,36)(H,31,32,33). The Balaban J connectivity index is 1.59. The molecule has 2 unspecified atom stereocenters. The minimum absolute atomic E-state index is 0.00157. The molecule has 3 heterocycles. The summed E-state index contributed by atoms with van der Waals surface area (Å²) < 4.78 is 52.7. The van der Waals surface area contributed by atoms with Crippen LogP contribution in [0.2, 0.25) is 0 Å². The van der Waals surface area contributed by atoms with Crippen LogP contribution in [0.5, 0.6) is 5.75 Å². The summed E-state index contributed by atoms with van der Waals surface area (Å²) in [7, 11) is 0. The molecule has 38 heavy (non-hydrogen) atoms. The number of carbonyl (C=O) groups excluding carboxylic acids is 1. The van der Waals surface area contributed by atoms with Crippen molar-refractivity contribution >= 4 is 34.0 Å². The van der Waals surface area contributed by atoms with Crippen molar-refractivity contribution in [2.45, 2.75) is 52.4 Å². The lowest BCUT2D eigenvalue weighted by Crippen LogP contribution is -2.36. The Morgan fingerprint density at radius 2 is 1.89 bits per heavy atom. The second kappa shape index (κ2) is 9.94. The maximum Gasteiger partial charge on any atom is 0.416 e. The third-order valence-corrected chi connectivity index (χ3v) is 6.75. The van der Waals surface area contributed by atoms with Gasteiger partial charge in [0.2, 0.25) is 5.91 Å². The lowest BCUT2D eigenvalue weighted by molar-refractivity contribution is -0.137. The summed E-state index contributed by atoms with van der Waals surface area (Å²) in [6, 6.07) is 5.00. The van der Waals surface area contributed by atoms with Crippen molar-refractivity contribution in [3.63, 3.8) is 0 Å². The largest absolute Gasteiger partial charge is 0.488 e. The zero-order valence-corrected chi connectivity index (χ0v) is 21.7. The molecular formula is C27H30F3N5O3. The van der Waals surface area contributed by atoms with Crippen molar-refractivity contribution in [2.24, 2.45) is 0 Å². The van der Waals surface area contributed by atoms with Gasteiger partial charge in [0.1, 0.15) is 23.5 Å². The van der Waals surface area contributed by atoms with Gasteiger partial charge >= 0.3 is 6.18 Å². The molecule has 2 N–H and O–H groups in total. The Kier molecular flexibility index (Phi) is 6.81. The molecule has 3 aromatic rings. The first kappa shape index (κ1) is 26.0. The van der Waals surface area contributed by atoms with Crippen molar-refractivity contribution in [1.29, 1.82) is 0 Å². The average Bonchev–Trinajstić information content (AvgIpc) is 3.24. The SMILES string of the molecule is CC(=O)Nc1cc(C(C)Nc2nc(C)nc3c4c(c(N5CCOCC5)cc23)OC(C)C4)cc(C(F)(F)F)c1. The smallest absolute Gasteiger partial charge is 0.416 e. The van der Waals surface area contributed by atoms with Gasteiger partial charge in [0.05, 0.1) is 36.0 Å². The molecule has 1 amide bonds. The minimum Gasteiger partial charge on any atom is -0.488 e. The Bertz CT molecular complexity index is 1390. The number of morpholine rings is 1. The number of halogens is 3. The van der Waals surface area contributed by atoms with Crippen molar-refractivity contribution in [2.75, 3.05) is 41.8 Å². The van der Waals surface area contributed by atoms with Crippen LogP contribution < -0.4 is 20.3 Å². The number of aryl methyl sites for hydroxylation is 1. The lowest BCUT2D eigenvalue weighted by atomic mass is 10.0. The van der Waals surface area contributed by atoms with Gasteiger partial charge in [0, 0.05) is 43.1 Å². The summed E-state index contributed by atoms with van der Waals surface area (Å²) in [5, 5.41) is 6.56. The van der Waals surface area contributed by atoms with Crippen molar-refractivity contribution in [1.82, 2.24) is 9.97 Å². The number of anilines is 3. The fourth-order valence-corrected chi connectivity index (χ4v) is 5.04. The van der Waals surface area contributed by atoms with E-state index in [0.29, 0.717) is 36.8 Å². The average molecular weight is 530 g/mol. The highest BCUT2D eigenvalue weighted by atomic mass is 19.4. The number of amides is 1. The molecule has 202 valence electrons. The molecule has 0 saturated carbocycles. The first-order valence-corrected chi connectivity index (χ1v) is 12.6. The molecule has 1 fully saturated rings. The fourth-order valence-electron chi connectivity index (χ4n) is 5.04. The lowest BCUT2D eigenvalue weighted by Gasteiger charge is -2.30. The van der Waals surface area contributed by atoms with Gasteiger partial charge in [0.25, 0.3) is 0 Å². The molecule has 2 atom stereocenters. The monoisotopic (exact) mass is 529 g/mol. The van der Waals surface area contributed by atoms with Crippen molar-refractivity contribution < 1.29 is 27.4 Å². The number of fused-ring (bicyclic) bond motifs is 3. The molecule has 1 aromatic heterocycles. The van der Waals surface area contributed by atoms with E-state index < -0.39 is 23.7 Å². The van der Waals surface area contributed by atoms with Gasteiger partial charge in [-0.3, -0.25) is 4.79 Å². The van der Waals surface area contributed by atoms with E-state index >= 15 is 0 Å². The molecule has 0 bridgehead atoms. The number of hydrogen-bond donors (Lipinski definition) is 2. The zero-order chi connectivity index (χ0) is 27.2.